The van der Waals surface area contributed by atoms with Crippen LogP contribution in [-0.4, -0.2) is 16.3 Å². The lowest BCUT2D eigenvalue weighted by molar-refractivity contribution is 0.670. The van der Waals surface area contributed by atoms with Gasteiger partial charge in [0.1, 0.15) is 0 Å². The van der Waals surface area contributed by atoms with Gasteiger partial charge in [-0.1, -0.05) is 0 Å². The van der Waals surface area contributed by atoms with E-state index in [-0.39, 0.29) is 0 Å². The van der Waals surface area contributed by atoms with Crippen molar-refractivity contribution in [3.63, 3.8) is 0 Å². The van der Waals surface area contributed by atoms with Gasteiger partial charge >= 0.3 is 0 Å². The summed E-state index contributed by atoms with van der Waals surface area (Å²) in [6.07, 6.45) is 2.96. The number of hydrogen-bond acceptors (Lipinski definition) is 3. The van der Waals surface area contributed by atoms with E-state index in [2.05, 4.69) is 45.4 Å². The Morgan fingerprint density at radius 1 is 1.53 bits per heavy atom. The summed E-state index contributed by atoms with van der Waals surface area (Å²) in [6, 6.07) is 4.25. The second kappa shape index (κ2) is 5.80. The minimum Gasteiger partial charge on any atom is -0.311 e. The number of nitrogens with zero attached hydrogens (tertiary/aromatic N) is 2. The van der Waals surface area contributed by atoms with Crippen molar-refractivity contribution in [2.45, 2.75) is 19.9 Å². The quantitative estimate of drug-likeness (QED) is 0.860. The smallest absolute Gasteiger partial charge is 0.0637 e. The zero-order chi connectivity index (χ0) is 12.3. The molecule has 0 spiro atoms. The zero-order valence-corrected chi connectivity index (χ0v) is 12.4. The Kier molecular flexibility index (Phi) is 4.36. The molecule has 0 aliphatic carbocycles. The molecule has 0 bridgehead atoms. The summed E-state index contributed by atoms with van der Waals surface area (Å²) in [6.45, 7) is 4.03. The molecule has 0 unspecified atom stereocenters. The minimum atomic E-state index is 0.934. The number of thiophene rings is 1. The van der Waals surface area contributed by atoms with Crippen LogP contribution >= 0.6 is 27.3 Å². The first-order chi connectivity index (χ1) is 8.15. The third-order valence-electron chi connectivity index (χ3n) is 2.53. The third kappa shape index (κ3) is 3.66. The Morgan fingerprint density at radius 2 is 2.35 bits per heavy atom. The number of aromatic nitrogens is 2. The lowest BCUT2D eigenvalue weighted by Gasteiger charge is -2.00. The van der Waals surface area contributed by atoms with Gasteiger partial charge in [-0.3, -0.25) is 4.68 Å². The molecule has 1 N–H and O–H groups in total. The molecular formula is C12H16BrN3S. The van der Waals surface area contributed by atoms with Crippen LogP contribution in [0.4, 0.5) is 0 Å². The van der Waals surface area contributed by atoms with E-state index in [0.717, 1.165) is 25.2 Å². The topological polar surface area (TPSA) is 29.9 Å². The third-order valence-corrected chi connectivity index (χ3v) is 4.67. The highest BCUT2D eigenvalue weighted by Crippen LogP contribution is 2.25. The van der Waals surface area contributed by atoms with Gasteiger partial charge in [0.05, 0.1) is 5.69 Å². The summed E-state index contributed by atoms with van der Waals surface area (Å²) < 4.78 is 3.05. The highest BCUT2D eigenvalue weighted by molar-refractivity contribution is 9.10. The average Bonchev–Trinajstić information content (AvgIpc) is 2.82. The molecular weight excluding hydrogens is 298 g/mol. The van der Waals surface area contributed by atoms with E-state index >= 15 is 0 Å². The van der Waals surface area contributed by atoms with Crippen molar-refractivity contribution in [2.75, 3.05) is 6.54 Å². The fourth-order valence-electron chi connectivity index (χ4n) is 1.63. The van der Waals surface area contributed by atoms with E-state index in [1.54, 1.807) is 0 Å². The first-order valence-electron chi connectivity index (χ1n) is 5.59. The van der Waals surface area contributed by atoms with Gasteiger partial charge in [-0.05, 0) is 35.0 Å². The van der Waals surface area contributed by atoms with E-state index in [4.69, 9.17) is 0 Å². The highest BCUT2D eigenvalue weighted by atomic mass is 79.9. The number of hydrogen-bond donors (Lipinski definition) is 1. The molecule has 0 aromatic carbocycles. The molecule has 17 heavy (non-hydrogen) atoms. The predicted octanol–water partition coefficient (Wildman–Crippen LogP) is 2.88. The molecule has 2 rings (SSSR count). The number of rotatable bonds is 5. The summed E-state index contributed by atoms with van der Waals surface area (Å²) in [7, 11) is 1.95. The van der Waals surface area contributed by atoms with Crippen LogP contribution in [0.1, 0.15) is 15.4 Å². The first-order valence-corrected chi connectivity index (χ1v) is 7.20. The van der Waals surface area contributed by atoms with Gasteiger partial charge in [-0.2, -0.15) is 5.10 Å². The average molecular weight is 314 g/mol. The maximum Gasteiger partial charge on any atom is 0.0637 e. The molecule has 2 heterocycles. The molecule has 3 nitrogen and oxygen atoms in total. The summed E-state index contributed by atoms with van der Waals surface area (Å²) in [5.74, 6) is 0. The lowest BCUT2D eigenvalue weighted by atomic mass is 10.3. The Hall–Kier alpha value is -0.650. The van der Waals surface area contributed by atoms with Crippen molar-refractivity contribution in [2.24, 2.45) is 7.05 Å². The molecule has 2 aromatic rings. The van der Waals surface area contributed by atoms with Crippen LogP contribution in [-0.2, 0) is 20.0 Å². The van der Waals surface area contributed by atoms with Crippen molar-refractivity contribution in [3.05, 3.63) is 38.3 Å². The minimum absolute atomic E-state index is 0.934. The fraction of sp³-hybridized carbons (Fsp3) is 0.417. The first kappa shape index (κ1) is 12.8. The number of nitrogens with one attached hydrogen (secondary N) is 1. The Morgan fingerprint density at radius 3 is 2.94 bits per heavy atom. The largest absolute Gasteiger partial charge is 0.311 e. The van der Waals surface area contributed by atoms with Gasteiger partial charge in [0, 0.05) is 47.0 Å². The molecule has 0 aliphatic heterocycles. The summed E-state index contributed by atoms with van der Waals surface area (Å²) >= 11 is 5.37. The molecule has 0 saturated carbocycles. The van der Waals surface area contributed by atoms with Crippen LogP contribution in [0.5, 0.6) is 0 Å². The summed E-state index contributed by atoms with van der Waals surface area (Å²) in [4.78, 5) is 2.71. The van der Waals surface area contributed by atoms with Gasteiger partial charge in [0.2, 0.25) is 0 Å². The number of halogens is 1. The molecule has 0 aliphatic rings. The van der Waals surface area contributed by atoms with Crippen LogP contribution < -0.4 is 5.32 Å². The Balaban J connectivity index is 1.73. The van der Waals surface area contributed by atoms with Gasteiger partial charge in [-0.15, -0.1) is 11.3 Å². The van der Waals surface area contributed by atoms with Crippen molar-refractivity contribution in [1.82, 2.24) is 15.1 Å². The standard InChI is InChI=1S/C12H16BrN3S/c1-9-12(13)7-11(17-9)8-14-5-3-10-4-6-16(2)15-10/h4,6-7,14H,3,5,8H2,1-2H3. The fourth-order valence-corrected chi connectivity index (χ4v) is 3.20. The molecule has 2 aromatic heterocycles. The van der Waals surface area contributed by atoms with E-state index in [0.29, 0.717) is 0 Å². The second-order valence-electron chi connectivity index (χ2n) is 4.02. The SMILES string of the molecule is Cc1sc(CNCCc2ccn(C)n2)cc1Br. The zero-order valence-electron chi connectivity index (χ0n) is 10.0. The van der Waals surface area contributed by atoms with Gasteiger partial charge in [0.25, 0.3) is 0 Å². The normalized spacial score (nSPS) is 11.0. The number of aryl methyl sites for hydroxylation is 2. The lowest BCUT2D eigenvalue weighted by Crippen LogP contribution is -2.16. The van der Waals surface area contributed by atoms with Gasteiger partial charge < -0.3 is 5.32 Å². The van der Waals surface area contributed by atoms with Crippen LogP contribution in [0.15, 0.2) is 22.8 Å². The van der Waals surface area contributed by atoms with E-state index in [9.17, 15) is 0 Å². The van der Waals surface area contributed by atoms with Crippen molar-refractivity contribution >= 4 is 27.3 Å². The van der Waals surface area contributed by atoms with Crippen molar-refractivity contribution in [1.29, 1.82) is 0 Å². The molecule has 0 saturated heterocycles. The monoisotopic (exact) mass is 313 g/mol. The highest BCUT2D eigenvalue weighted by Gasteiger charge is 2.02. The maximum absolute atomic E-state index is 4.35. The van der Waals surface area contributed by atoms with Crippen LogP contribution in [0, 0.1) is 6.92 Å². The molecule has 0 radical (unpaired) electrons. The van der Waals surface area contributed by atoms with Crippen molar-refractivity contribution < 1.29 is 0 Å². The Bertz CT molecular complexity index is 470. The predicted molar refractivity (Wildman–Crippen MR) is 75.4 cm³/mol. The van der Waals surface area contributed by atoms with Gasteiger partial charge in [0.15, 0.2) is 0 Å². The van der Waals surface area contributed by atoms with Crippen LogP contribution in [0.25, 0.3) is 0 Å². The summed E-state index contributed by atoms with van der Waals surface area (Å²) in [5.41, 5.74) is 1.14. The molecule has 92 valence electrons. The molecule has 0 fully saturated rings. The van der Waals surface area contributed by atoms with Crippen molar-refractivity contribution in [3.8, 4) is 0 Å². The second-order valence-corrected chi connectivity index (χ2v) is 6.22. The van der Waals surface area contributed by atoms with E-state index < -0.39 is 0 Å². The van der Waals surface area contributed by atoms with Gasteiger partial charge in [-0.25, -0.2) is 0 Å². The van der Waals surface area contributed by atoms with E-state index in [1.807, 2.05) is 29.3 Å². The van der Waals surface area contributed by atoms with E-state index in [1.165, 1.54) is 14.2 Å². The Labute approximate surface area is 114 Å². The summed E-state index contributed by atoms with van der Waals surface area (Å²) in [5, 5.41) is 7.79. The van der Waals surface area contributed by atoms with Crippen LogP contribution in [0.3, 0.4) is 0 Å². The molecule has 0 atom stereocenters. The molecule has 0 amide bonds. The molecule has 5 heteroatoms. The maximum atomic E-state index is 4.35. The van der Waals surface area contributed by atoms with Crippen LogP contribution in [0.2, 0.25) is 0 Å².